The van der Waals surface area contributed by atoms with Crippen LogP contribution in [-0.4, -0.2) is 36.6 Å². The summed E-state index contributed by atoms with van der Waals surface area (Å²) in [5, 5.41) is 0. The zero-order valence-corrected chi connectivity index (χ0v) is 12.6. The predicted molar refractivity (Wildman–Crippen MR) is 79.3 cm³/mol. The van der Waals surface area contributed by atoms with Gasteiger partial charge in [-0.1, -0.05) is 29.8 Å². The van der Waals surface area contributed by atoms with Crippen LogP contribution in [0.25, 0.3) is 0 Å². The molecular formula is C16H24N2O2. The fourth-order valence-corrected chi connectivity index (χ4v) is 2.55. The quantitative estimate of drug-likeness (QED) is 0.919. The molecule has 1 aliphatic heterocycles. The fraction of sp³-hybridized carbons (Fsp3) is 0.562. The van der Waals surface area contributed by atoms with E-state index >= 15 is 0 Å². The average Bonchev–Trinajstić information content (AvgIpc) is 2.46. The van der Waals surface area contributed by atoms with Crippen molar-refractivity contribution in [2.45, 2.75) is 38.3 Å². The van der Waals surface area contributed by atoms with Crippen molar-refractivity contribution in [3.05, 3.63) is 35.4 Å². The highest BCUT2D eigenvalue weighted by Gasteiger charge is 2.39. The minimum absolute atomic E-state index is 0.00822. The molecule has 0 aliphatic carbocycles. The van der Waals surface area contributed by atoms with Gasteiger partial charge in [-0.25, -0.2) is 0 Å². The zero-order chi connectivity index (χ0) is 14.8. The Balaban J connectivity index is 2.11. The number of ether oxygens (including phenoxy) is 1. The fourth-order valence-electron chi connectivity index (χ4n) is 2.55. The van der Waals surface area contributed by atoms with E-state index in [-0.39, 0.29) is 11.9 Å². The van der Waals surface area contributed by atoms with Crippen LogP contribution in [0.2, 0.25) is 0 Å². The van der Waals surface area contributed by atoms with Gasteiger partial charge in [-0.3, -0.25) is 4.79 Å². The van der Waals surface area contributed by atoms with E-state index in [0.717, 1.165) is 5.56 Å². The molecule has 1 aromatic carbocycles. The summed E-state index contributed by atoms with van der Waals surface area (Å²) in [5.41, 5.74) is 7.84. The van der Waals surface area contributed by atoms with Crippen LogP contribution in [0.4, 0.5) is 0 Å². The molecule has 0 aromatic heterocycles. The van der Waals surface area contributed by atoms with Crippen LogP contribution in [0.1, 0.15) is 36.9 Å². The lowest BCUT2D eigenvalue weighted by Gasteiger charge is -2.37. The maximum absolute atomic E-state index is 12.6. The predicted octanol–water partition coefficient (Wildman–Crippen LogP) is 2.02. The Hall–Kier alpha value is -1.39. The number of rotatable bonds is 3. The van der Waals surface area contributed by atoms with Crippen LogP contribution in [0.3, 0.4) is 0 Å². The number of aryl methyl sites for hydroxylation is 1. The molecule has 2 rings (SSSR count). The standard InChI is InChI=1S/C16H24N2O2/c1-12-4-6-14(7-5-12)13(2)18(3)15(19)16(17)8-10-20-11-9-16/h4-7,13H,8-11,17H2,1-3H3. The summed E-state index contributed by atoms with van der Waals surface area (Å²) in [6, 6.07) is 8.29. The van der Waals surface area contributed by atoms with Gasteiger partial charge in [0.05, 0.1) is 11.6 Å². The molecule has 1 fully saturated rings. The first-order valence-electron chi connectivity index (χ1n) is 7.14. The largest absolute Gasteiger partial charge is 0.381 e. The minimum Gasteiger partial charge on any atom is -0.381 e. The molecule has 1 saturated heterocycles. The second-order valence-corrected chi connectivity index (χ2v) is 5.77. The molecule has 0 saturated carbocycles. The molecule has 20 heavy (non-hydrogen) atoms. The van der Waals surface area contributed by atoms with E-state index in [0.29, 0.717) is 26.1 Å². The van der Waals surface area contributed by atoms with Gasteiger partial charge in [0.15, 0.2) is 0 Å². The van der Waals surface area contributed by atoms with Gasteiger partial charge >= 0.3 is 0 Å². The number of benzene rings is 1. The third-order valence-electron chi connectivity index (χ3n) is 4.27. The molecule has 1 unspecified atom stereocenters. The second kappa shape index (κ2) is 5.94. The summed E-state index contributed by atoms with van der Waals surface area (Å²) < 4.78 is 5.30. The van der Waals surface area contributed by atoms with Gasteiger partial charge in [0.1, 0.15) is 0 Å². The molecule has 0 radical (unpaired) electrons. The van der Waals surface area contributed by atoms with E-state index in [1.54, 1.807) is 4.90 Å². The van der Waals surface area contributed by atoms with Gasteiger partial charge in [0.25, 0.3) is 0 Å². The van der Waals surface area contributed by atoms with E-state index in [9.17, 15) is 4.79 Å². The maximum Gasteiger partial charge on any atom is 0.243 e. The SMILES string of the molecule is Cc1ccc(C(C)N(C)C(=O)C2(N)CCOCC2)cc1. The smallest absolute Gasteiger partial charge is 0.243 e. The van der Waals surface area contributed by atoms with Crippen LogP contribution in [0, 0.1) is 6.92 Å². The lowest BCUT2D eigenvalue weighted by molar-refractivity contribution is -0.141. The molecule has 0 spiro atoms. The highest BCUT2D eigenvalue weighted by atomic mass is 16.5. The van der Waals surface area contributed by atoms with Crippen LogP contribution >= 0.6 is 0 Å². The summed E-state index contributed by atoms with van der Waals surface area (Å²) in [6.07, 6.45) is 1.19. The lowest BCUT2D eigenvalue weighted by Crippen LogP contribution is -2.57. The molecule has 2 N–H and O–H groups in total. The number of carbonyl (C=O) groups excluding carboxylic acids is 1. The molecule has 1 amide bonds. The van der Waals surface area contributed by atoms with Crippen molar-refractivity contribution < 1.29 is 9.53 Å². The number of amides is 1. The van der Waals surface area contributed by atoms with Gasteiger partial charge in [-0.2, -0.15) is 0 Å². The summed E-state index contributed by atoms with van der Waals surface area (Å²) in [6.45, 7) is 5.22. The maximum atomic E-state index is 12.6. The van der Waals surface area contributed by atoms with Crippen molar-refractivity contribution in [3.8, 4) is 0 Å². The van der Waals surface area contributed by atoms with Crippen LogP contribution in [0.15, 0.2) is 24.3 Å². The number of hydrogen-bond acceptors (Lipinski definition) is 3. The normalized spacial score (nSPS) is 19.4. The minimum atomic E-state index is -0.772. The van der Waals surface area contributed by atoms with Gasteiger partial charge < -0.3 is 15.4 Å². The first-order chi connectivity index (χ1) is 9.44. The Labute approximate surface area is 120 Å². The van der Waals surface area contributed by atoms with Crippen molar-refractivity contribution in [1.82, 2.24) is 4.90 Å². The molecule has 1 aromatic rings. The number of carbonyl (C=O) groups is 1. The molecule has 1 aliphatic rings. The average molecular weight is 276 g/mol. The number of likely N-dealkylation sites (N-methyl/N-ethyl adjacent to an activating group) is 1. The number of nitrogens with zero attached hydrogens (tertiary/aromatic N) is 1. The number of hydrogen-bond donors (Lipinski definition) is 1. The van der Waals surface area contributed by atoms with Gasteiger partial charge in [-0.15, -0.1) is 0 Å². The van der Waals surface area contributed by atoms with E-state index in [2.05, 4.69) is 31.2 Å². The van der Waals surface area contributed by atoms with Gasteiger partial charge in [-0.05, 0) is 32.3 Å². The van der Waals surface area contributed by atoms with Crippen molar-refractivity contribution in [2.75, 3.05) is 20.3 Å². The molecule has 110 valence electrons. The van der Waals surface area contributed by atoms with E-state index < -0.39 is 5.54 Å². The van der Waals surface area contributed by atoms with Crippen molar-refractivity contribution in [3.63, 3.8) is 0 Å². The van der Waals surface area contributed by atoms with Crippen LogP contribution < -0.4 is 5.73 Å². The van der Waals surface area contributed by atoms with Crippen LogP contribution in [-0.2, 0) is 9.53 Å². The summed E-state index contributed by atoms with van der Waals surface area (Å²) >= 11 is 0. The Morgan fingerprint density at radius 3 is 2.40 bits per heavy atom. The number of nitrogens with two attached hydrogens (primary N) is 1. The van der Waals surface area contributed by atoms with Gasteiger partial charge in [0.2, 0.25) is 5.91 Å². The Morgan fingerprint density at radius 2 is 1.85 bits per heavy atom. The highest BCUT2D eigenvalue weighted by molar-refractivity contribution is 5.86. The van der Waals surface area contributed by atoms with Crippen molar-refractivity contribution in [2.24, 2.45) is 5.73 Å². The molecule has 4 nitrogen and oxygen atoms in total. The van der Waals surface area contributed by atoms with E-state index in [4.69, 9.17) is 10.5 Å². The van der Waals surface area contributed by atoms with Crippen molar-refractivity contribution in [1.29, 1.82) is 0 Å². The first kappa shape index (κ1) is 15.0. The second-order valence-electron chi connectivity index (χ2n) is 5.77. The summed E-state index contributed by atoms with van der Waals surface area (Å²) in [7, 11) is 1.83. The summed E-state index contributed by atoms with van der Waals surface area (Å²) in [5.74, 6) is 0.00822. The van der Waals surface area contributed by atoms with Gasteiger partial charge in [0, 0.05) is 20.3 Å². The van der Waals surface area contributed by atoms with E-state index in [1.165, 1.54) is 5.56 Å². The first-order valence-corrected chi connectivity index (χ1v) is 7.14. The summed E-state index contributed by atoms with van der Waals surface area (Å²) in [4.78, 5) is 14.4. The molecular weight excluding hydrogens is 252 g/mol. The zero-order valence-electron chi connectivity index (χ0n) is 12.6. The lowest BCUT2D eigenvalue weighted by atomic mass is 9.89. The van der Waals surface area contributed by atoms with Crippen LogP contribution in [0.5, 0.6) is 0 Å². The van der Waals surface area contributed by atoms with Crippen molar-refractivity contribution >= 4 is 5.91 Å². The molecule has 4 heteroatoms. The molecule has 0 bridgehead atoms. The molecule has 1 heterocycles. The third-order valence-corrected chi connectivity index (χ3v) is 4.27. The highest BCUT2D eigenvalue weighted by Crippen LogP contribution is 2.26. The van der Waals surface area contributed by atoms with E-state index in [1.807, 2.05) is 14.0 Å². The Bertz CT molecular complexity index is 464. The Morgan fingerprint density at radius 1 is 1.30 bits per heavy atom. The Kier molecular flexibility index (Phi) is 4.45. The third kappa shape index (κ3) is 3.02. The monoisotopic (exact) mass is 276 g/mol. The topological polar surface area (TPSA) is 55.6 Å². The molecule has 1 atom stereocenters.